The molecule has 2 N–H and O–H groups in total. The average molecular weight is 397 g/mol. The van der Waals surface area contributed by atoms with Gasteiger partial charge in [-0.05, 0) is 44.7 Å². The molecule has 1 aliphatic rings. The minimum absolute atomic E-state index is 0.0331. The smallest absolute Gasteiger partial charge is 0.254 e. The largest absolute Gasteiger partial charge is 0.395 e. The molecule has 0 atom stereocenters. The summed E-state index contributed by atoms with van der Waals surface area (Å²) in [7, 11) is 1.71. The molecule has 0 unspecified atom stereocenters. The molecule has 1 saturated carbocycles. The molecule has 0 radical (unpaired) electrons. The highest BCUT2D eigenvalue weighted by Gasteiger charge is 2.29. The topological polar surface area (TPSA) is 108 Å². The monoisotopic (exact) mass is 397 g/mol. The normalized spacial score (nSPS) is 18.9. The van der Waals surface area contributed by atoms with E-state index in [4.69, 9.17) is 5.11 Å². The van der Waals surface area contributed by atoms with Gasteiger partial charge in [-0.3, -0.25) is 14.6 Å². The second-order valence-electron chi connectivity index (χ2n) is 7.44. The second kappa shape index (κ2) is 9.56. The minimum Gasteiger partial charge on any atom is -0.395 e. The van der Waals surface area contributed by atoms with Crippen molar-refractivity contribution in [2.75, 3.05) is 20.2 Å². The molecule has 2 heterocycles. The van der Waals surface area contributed by atoms with Crippen molar-refractivity contribution in [2.24, 2.45) is 5.92 Å². The third kappa shape index (κ3) is 5.14. The Morgan fingerprint density at radius 2 is 2.00 bits per heavy atom. The van der Waals surface area contributed by atoms with Crippen LogP contribution in [0.4, 0.5) is 0 Å². The van der Waals surface area contributed by atoms with Crippen LogP contribution in [0.1, 0.15) is 41.7 Å². The summed E-state index contributed by atoms with van der Waals surface area (Å²) in [5.74, 6) is 0.383. The van der Waals surface area contributed by atoms with Crippen LogP contribution in [0.2, 0.25) is 0 Å². The van der Waals surface area contributed by atoms with E-state index in [1.54, 1.807) is 37.5 Å². The standard InChI is InChI=1S/C21H27N5O3/c1-14-18(13-23-19(24-14)16-4-3-9-22-12-16)20(28)25-17-7-5-15(6-8-17)21(29)26(2)10-11-27/h3-4,9,12-13,15,17,27H,5-8,10-11H2,1-2H3,(H,25,28). The first-order valence-corrected chi connectivity index (χ1v) is 9.90. The highest BCUT2D eigenvalue weighted by Crippen LogP contribution is 2.26. The van der Waals surface area contributed by atoms with Gasteiger partial charge in [0.05, 0.1) is 17.9 Å². The summed E-state index contributed by atoms with van der Waals surface area (Å²) in [5.41, 5.74) is 1.88. The fourth-order valence-electron chi connectivity index (χ4n) is 3.64. The molecule has 0 bridgehead atoms. The van der Waals surface area contributed by atoms with Crippen LogP contribution in [0.5, 0.6) is 0 Å². The van der Waals surface area contributed by atoms with Gasteiger partial charge in [-0.1, -0.05) is 0 Å². The lowest BCUT2D eigenvalue weighted by molar-refractivity contribution is -0.135. The number of nitrogens with zero attached hydrogens (tertiary/aromatic N) is 4. The van der Waals surface area contributed by atoms with Crippen LogP contribution in [0.25, 0.3) is 11.4 Å². The van der Waals surface area contributed by atoms with Gasteiger partial charge < -0.3 is 15.3 Å². The van der Waals surface area contributed by atoms with Gasteiger partial charge in [0.25, 0.3) is 5.91 Å². The summed E-state index contributed by atoms with van der Waals surface area (Å²) in [6.07, 6.45) is 7.89. The molecular formula is C21H27N5O3. The first kappa shape index (κ1) is 20.9. The van der Waals surface area contributed by atoms with E-state index in [-0.39, 0.29) is 30.4 Å². The number of amides is 2. The first-order chi connectivity index (χ1) is 14.0. The van der Waals surface area contributed by atoms with Gasteiger partial charge in [0.1, 0.15) is 0 Å². The molecule has 8 heteroatoms. The zero-order valence-electron chi connectivity index (χ0n) is 16.8. The number of carbonyl (C=O) groups excluding carboxylic acids is 2. The number of aliphatic hydroxyl groups excluding tert-OH is 1. The fourth-order valence-corrected chi connectivity index (χ4v) is 3.64. The number of rotatable bonds is 6. The Balaban J connectivity index is 1.57. The average Bonchev–Trinajstić information content (AvgIpc) is 2.74. The van der Waals surface area contributed by atoms with E-state index >= 15 is 0 Å². The molecule has 1 fully saturated rings. The van der Waals surface area contributed by atoms with Crippen LogP contribution < -0.4 is 5.32 Å². The predicted octanol–water partition coefficient (Wildman–Crippen LogP) is 1.59. The molecule has 2 aromatic heterocycles. The zero-order valence-corrected chi connectivity index (χ0v) is 16.8. The molecule has 2 aromatic rings. The summed E-state index contributed by atoms with van der Waals surface area (Å²) in [6, 6.07) is 3.73. The quantitative estimate of drug-likeness (QED) is 0.766. The van der Waals surface area contributed by atoms with Crippen molar-refractivity contribution in [3.05, 3.63) is 42.0 Å². The highest BCUT2D eigenvalue weighted by molar-refractivity contribution is 5.95. The lowest BCUT2D eigenvalue weighted by atomic mass is 9.85. The van der Waals surface area contributed by atoms with Crippen molar-refractivity contribution >= 4 is 11.8 Å². The number of aliphatic hydroxyl groups is 1. The van der Waals surface area contributed by atoms with Crippen molar-refractivity contribution in [2.45, 2.75) is 38.6 Å². The Morgan fingerprint density at radius 3 is 2.62 bits per heavy atom. The molecule has 29 heavy (non-hydrogen) atoms. The van der Waals surface area contributed by atoms with Crippen LogP contribution in [0.3, 0.4) is 0 Å². The summed E-state index contributed by atoms with van der Waals surface area (Å²) in [5, 5.41) is 12.0. The molecule has 0 aliphatic heterocycles. The molecule has 8 nitrogen and oxygen atoms in total. The number of nitrogens with one attached hydrogen (secondary N) is 1. The van der Waals surface area contributed by atoms with Crippen molar-refractivity contribution in [1.82, 2.24) is 25.2 Å². The first-order valence-electron chi connectivity index (χ1n) is 9.90. The van der Waals surface area contributed by atoms with Gasteiger partial charge in [-0.25, -0.2) is 9.97 Å². The van der Waals surface area contributed by atoms with Crippen molar-refractivity contribution in [3.63, 3.8) is 0 Å². The molecule has 0 saturated heterocycles. The summed E-state index contributed by atoms with van der Waals surface area (Å²) >= 11 is 0. The number of aromatic nitrogens is 3. The Hall–Kier alpha value is -2.87. The van der Waals surface area contributed by atoms with Crippen molar-refractivity contribution in [1.29, 1.82) is 0 Å². The third-order valence-electron chi connectivity index (χ3n) is 5.37. The van der Waals surface area contributed by atoms with Crippen molar-refractivity contribution < 1.29 is 14.7 Å². The van der Waals surface area contributed by atoms with Crippen LogP contribution in [-0.4, -0.2) is 63.0 Å². The van der Waals surface area contributed by atoms with Crippen LogP contribution in [0.15, 0.2) is 30.7 Å². The second-order valence-corrected chi connectivity index (χ2v) is 7.44. The summed E-state index contributed by atoms with van der Waals surface area (Å²) in [4.78, 5) is 39.4. The van der Waals surface area contributed by atoms with Gasteiger partial charge in [0, 0.05) is 49.7 Å². The van der Waals surface area contributed by atoms with Gasteiger partial charge in [-0.15, -0.1) is 0 Å². The van der Waals surface area contributed by atoms with Gasteiger partial charge >= 0.3 is 0 Å². The Kier molecular flexibility index (Phi) is 6.87. The Bertz CT molecular complexity index is 851. The SMILES string of the molecule is Cc1nc(-c2cccnc2)ncc1C(=O)NC1CCC(C(=O)N(C)CCO)CC1. The van der Waals surface area contributed by atoms with Gasteiger partial charge in [0.2, 0.25) is 5.91 Å². The van der Waals surface area contributed by atoms with Crippen LogP contribution >= 0.6 is 0 Å². The van der Waals surface area contributed by atoms with Crippen LogP contribution in [-0.2, 0) is 4.79 Å². The number of hydrogen-bond donors (Lipinski definition) is 2. The van der Waals surface area contributed by atoms with Crippen LogP contribution in [0, 0.1) is 12.8 Å². The maximum Gasteiger partial charge on any atom is 0.254 e. The molecule has 2 amide bonds. The third-order valence-corrected chi connectivity index (χ3v) is 5.37. The summed E-state index contributed by atoms with van der Waals surface area (Å²) < 4.78 is 0. The number of hydrogen-bond acceptors (Lipinski definition) is 6. The fraction of sp³-hybridized carbons (Fsp3) is 0.476. The number of likely N-dealkylation sites (N-methyl/N-ethyl adjacent to an activating group) is 1. The molecular weight excluding hydrogens is 370 g/mol. The molecule has 154 valence electrons. The lowest BCUT2D eigenvalue weighted by Gasteiger charge is -2.30. The molecule has 1 aliphatic carbocycles. The van der Waals surface area contributed by atoms with Crippen molar-refractivity contribution in [3.8, 4) is 11.4 Å². The van der Waals surface area contributed by atoms with E-state index in [1.165, 1.54) is 0 Å². The predicted molar refractivity (Wildman–Crippen MR) is 108 cm³/mol. The number of carbonyl (C=O) groups is 2. The van der Waals surface area contributed by atoms with E-state index in [2.05, 4.69) is 20.3 Å². The zero-order chi connectivity index (χ0) is 20.8. The maximum absolute atomic E-state index is 12.7. The van der Waals surface area contributed by atoms with E-state index in [0.717, 1.165) is 31.2 Å². The lowest BCUT2D eigenvalue weighted by Crippen LogP contribution is -2.42. The molecule has 3 rings (SSSR count). The van der Waals surface area contributed by atoms with E-state index in [1.807, 2.05) is 12.1 Å². The van der Waals surface area contributed by atoms with E-state index in [9.17, 15) is 9.59 Å². The minimum atomic E-state index is -0.188. The maximum atomic E-state index is 12.7. The van der Waals surface area contributed by atoms with E-state index in [0.29, 0.717) is 23.6 Å². The number of aryl methyl sites for hydroxylation is 1. The van der Waals surface area contributed by atoms with Gasteiger partial charge in [-0.2, -0.15) is 0 Å². The summed E-state index contributed by atoms with van der Waals surface area (Å²) in [6.45, 7) is 2.11. The molecule has 0 aromatic carbocycles. The van der Waals surface area contributed by atoms with Gasteiger partial charge in [0.15, 0.2) is 5.82 Å². The number of pyridine rings is 1. The van der Waals surface area contributed by atoms with E-state index < -0.39 is 0 Å². The highest BCUT2D eigenvalue weighted by atomic mass is 16.3. The Morgan fingerprint density at radius 1 is 1.24 bits per heavy atom. The Labute approximate surface area is 170 Å². The molecule has 0 spiro atoms.